The third-order valence-corrected chi connectivity index (χ3v) is 4.64. The second kappa shape index (κ2) is 5.99. The number of carbonyl (C=O) groups excluding carboxylic acids is 1. The number of carbonyl (C=O) groups is 1. The minimum absolute atomic E-state index is 0.0198. The van der Waals surface area contributed by atoms with Gasteiger partial charge in [0.05, 0.1) is 24.0 Å². The number of halogens is 1. The third-order valence-electron chi connectivity index (χ3n) is 3.49. The molecule has 0 radical (unpaired) electrons. The number of hydrogen-bond donors (Lipinski definition) is 1. The molecule has 0 saturated carbocycles. The van der Waals surface area contributed by atoms with Crippen molar-refractivity contribution >= 4 is 28.8 Å². The lowest BCUT2D eigenvalue weighted by molar-refractivity contribution is -0.124. The Morgan fingerprint density at radius 3 is 3.06 bits per heavy atom. The van der Waals surface area contributed by atoms with E-state index in [1.807, 2.05) is 5.38 Å². The fourth-order valence-electron chi connectivity index (χ4n) is 2.29. The first-order valence-electron chi connectivity index (χ1n) is 6.12. The Morgan fingerprint density at radius 2 is 2.44 bits per heavy atom. The smallest absolute Gasteiger partial charge is 0.221 e. The highest BCUT2D eigenvalue weighted by Gasteiger charge is 2.28. The molecule has 1 aliphatic heterocycles. The summed E-state index contributed by atoms with van der Waals surface area (Å²) in [4.78, 5) is 18.0. The standard InChI is InChI=1S/C12H18ClN3OS/c1-8-2-3-9(12(14)17)5-16(8)6-11-15-10(4-13)7-18-11/h7-9H,2-6H2,1H3,(H2,14,17). The van der Waals surface area contributed by atoms with Crippen molar-refractivity contribution in [3.63, 3.8) is 0 Å². The molecular weight excluding hydrogens is 270 g/mol. The number of piperidine rings is 1. The van der Waals surface area contributed by atoms with Gasteiger partial charge < -0.3 is 5.73 Å². The summed E-state index contributed by atoms with van der Waals surface area (Å²) >= 11 is 7.37. The first kappa shape index (κ1) is 13.8. The van der Waals surface area contributed by atoms with Gasteiger partial charge in [-0.15, -0.1) is 22.9 Å². The minimum atomic E-state index is -0.188. The predicted molar refractivity (Wildman–Crippen MR) is 73.5 cm³/mol. The van der Waals surface area contributed by atoms with Crippen LogP contribution in [0, 0.1) is 5.92 Å². The van der Waals surface area contributed by atoms with Gasteiger partial charge in [-0.2, -0.15) is 0 Å². The van der Waals surface area contributed by atoms with Crippen LogP contribution in [-0.2, 0) is 17.2 Å². The van der Waals surface area contributed by atoms with Crippen molar-refractivity contribution in [2.75, 3.05) is 6.54 Å². The summed E-state index contributed by atoms with van der Waals surface area (Å²) in [6, 6.07) is 0.476. The van der Waals surface area contributed by atoms with E-state index in [0.29, 0.717) is 11.9 Å². The number of alkyl halides is 1. The Kier molecular flexibility index (Phi) is 4.59. The van der Waals surface area contributed by atoms with Gasteiger partial charge in [-0.05, 0) is 19.8 Å². The molecule has 1 amide bonds. The average Bonchev–Trinajstić information content (AvgIpc) is 2.79. The number of likely N-dealkylation sites (tertiary alicyclic amines) is 1. The lowest BCUT2D eigenvalue weighted by atomic mass is 9.93. The molecule has 1 aromatic rings. The fraction of sp³-hybridized carbons (Fsp3) is 0.667. The topological polar surface area (TPSA) is 59.2 Å². The zero-order valence-corrected chi connectivity index (χ0v) is 12.0. The minimum Gasteiger partial charge on any atom is -0.369 e. The monoisotopic (exact) mass is 287 g/mol. The van der Waals surface area contributed by atoms with E-state index < -0.39 is 0 Å². The summed E-state index contributed by atoms with van der Waals surface area (Å²) in [7, 11) is 0. The molecule has 0 aliphatic carbocycles. The van der Waals surface area contributed by atoms with E-state index >= 15 is 0 Å². The van der Waals surface area contributed by atoms with Crippen molar-refractivity contribution in [1.82, 2.24) is 9.88 Å². The maximum Gasteiger partial charge on any atom is 0.221 e. The maximum atomic E-state index is 11.3. The first-order chi connectivity index (χ1) is 8.60. The van der Waals surface area contributed by atoms with Crippen LogP contribution in [0.1, 0.15) is 30.5 Å². The quantitative estimate of drug-likeness (QED) is 0.862. The van der Waals surface area contributed by atoms with Crippen LogP contribution >= 0.6 is 22.9 Å². The highest BCUT2D eigenvalue weighted by molar-refractivity contribution is 7.09. The number of hydrogen-bond acceptors (Lipinski definition) is 4. The molecule has 2 unspecified atom stereocenters. The molecule has 6 heteroatoms. The molecule has 0 spiro atoms. The van der Waals surface area contributed by atoms with Gasteiger partial charge in [-0.25, -0.2) is 4.98 Å². The molecular formula is C12H18ClN3OS. The van der Waals surface area contributed by atoms with E-state index in [1.54, 1.807) is 11.3 Å². The van der Waals surface area contributed by atoms with E-state index in [0.717, 1.165) is 36.6 Å². The van der Waals surface area contributed by atoms with Gasteiger partial charge in [0, 0.05) is 18.0 Å². The molecule has 2 N–H and O–H groups in total. The molecule has 0 bridgehead atoms. The van der Waals surface area contributed by atoms with E-state index in [-0.39, 0.29) is 11.8 Å². The Labute approximate surface area is 116 Å². The SMILES string of the molecule is CC1CCC(C(N)=O)CN1Cc1nc(CCl)cs1. The molecule has 1 saturated heterocycles. The molecule has 4 nitrogen and oxygen atoms in total. The fourth-order valence-corrected chi connectivity index (χ4v) is 3.34. The van der Waals surface area contributed by atoms with Gasteiger partial charge in [0.25, 0.3) is 0 Å². The van der Waals surface area contributed by atoms with Gasteiger partial charge in [0.2, 0.25) is 5.91 Å². The van der Waals surface area contributed by atoms with Crippen molar-refractivity contribution in [2.24, 2.45) is 11.7 Å². The second-order valence-corrected chi connectivity index (χ2v) is 6.03. The maximum absolute atomic E-state index is 11.3. The van der Waals surface area contributed by atoms with Crippen LogP contribution in [0.15, 0.2) is 5.38 Å². The van der Waals surface area contributed by atoms with Crippen LogP contribution in [0.2, 0.25) is 0 Å². The molecule has 1 aromatic heterocycles. The first-order valence-corrected chi connectivity index (χ1v) is 7.54. The van der Waals surface area contributed by atoms with Crippen LogP contribution in [0.5, 0.6) is 0 Å². The third kappa shape index (κ3) is 3.22. The number of nitrogens with two attached hydrogens (primary N) is 1. The number of nitrogens with zero attached hydrogens (tertiary/aromatic N) is 2. The second-order valence-electron chi connectivity index (χ2n) is 4.82. The number of thiazole rings is 1. The van der Waals surface area contributed by atoms with Crippen LogP contribution in [0.25, 0.3) is 0 Å². The van der Waals surface area contributed by atoms with Gasteiger partial charge in [-0.1, -0.05) is 0 Å². The predicted octanol–water partition coefficient (Wildman–Crippen LogP) is 1.97. The molecule has 2 heterocycles. The largest absolute Gasteiger partial charge is 0.369 e. The summed E-state index contributed by atoms with van der Waals surface area (Å²) in [5.41, 5.74) is 6.32. The highest BCUT2D eigenvalue weighted by Crippen LogP contribution is 2.24. The molecule has 2 rings (SSSR count). The Hall–Kier alpha value is -0.650. The molecule has 1 fully saturated rings. The molecule has 0 aromatic carbocycles. The molecule has 18 heavy (non-hydrogen) atoms. The number of primary amides is 1. The average molecular weight is 288 g/mol. The van der Waals surface area contributed by atoms with E-state index in [9.17, 15) is 4.79 Å². The van der Waals surface area contributed by atoms with Gasteiger partial charge in [-0.3, -0.25) is 9.69 Å². The van der Waals surface area contributed by atoms with Crippen molar-refractivity contribution in [1.29, 1.82) is 0 Å². The zero-order chi connectivity index (χ0) is 13.1. The Balaban J connectivity index is 1.99. The van der Waals surface area contributed by atoms with E-state index in [1.165, 1.54) is 0 Å². The Morgan fingerprint density at radius 1 is 1.67 bits per heavy atom. The van der Waals surface area contributed by atoms with Crippen LogP contribution in [-0.4, -0.2) is 28.4 Å². The van der Waals surface area contributed by atoms with Gasteiger partial charge in [0.15, 0.2) is 0 Å². The molecule has 2 atom stereocenters. The lowest BCUT2D eigenvalue weighted by Gasteiger charge is -2.36. The zero-order valence-electron chi connectivity index (χ0n) is 10.4. The number of amides is 1. The van der Waals surface area contributed by atoms with Crippen molar-refractivity contribution < 1.29 is 4.79 Å². The number of aromatic nitrogens is 1. The summed E-state index contributed by atoms with van der Waals surface area (Å²) in [6.45, 7) is 3.71. The highest BCUT2D eigenvalue weighted by atomic mass is 35.5. The lowest BCUT2D eigenvalue weighted by Crippen LogP contribution is -2.45. The molecule has 100 valence electrons. The van der Waals surface area contributed by atoms with Crippen molar-refractivity contribution in [3.05, 3.63) is 16.1 Å². The van der Waals surface area contributed by atoms with Gasteiger partial charge >= 0.3 is 0 Å². The molecule has 1 aliphatic rings. The summed E-state index contributed by atoms with van der Waals surface area (Å²) in [5.74, 6) is 0.247. The Bertz CT molecular complexity index is 423. The summed E-state index contributed by atoms with van der Waals surface area (Å²) in [5, 5.41) is 3.05. The normalized spacial score (nSPS) is 25.2. The van der Waals surface area contributed by atoms with Crippen molar-refractivity contribution in [2.45, 2.75) is 38.2 Å². The summed E-state index contributed by atoms with van der Waals surface area (Å²) in [6.07, 6.45) is 1.92. The van der Waals surface area contributed by atoms with Crippen LogP contribution in [0.4, 0.5) is 0 Å². The van der Waals surface area contributed by atoms with Crippen molar-refractivity contribution in [3.8, 4) is 0 Å². The van der Waals surface area contributed by atoms with E-state index in [2.05, 4.69) is 16.8 Å². The van der Waals surface area contributed by atoms with Gasteiger partial charge in [0.1, 0.15) is 5.01 Å². The van der Waals surface area contributed by atoms with Crippen LogP contribution in [0.3, 0.4) is 0 Å². The number of rotatable bonds is 4. The van der Waals surface area contributed by atoms with E-state index in [4.69, 9.17) is 17.3 Å². The summed E-state index contributed by atoms with van der Waals surface area (Å²) < 4.78 is 0. The van der Waals surface area contributed by atoms with Crippen LogP contribution < -0.4 is 5.73 Å².